The third kappa shape index (κ3) is 3.80. The maximum absolute atomic E-state index is 10.5. The van der Waals surface area contributed by atoms with E-state index in [0.717, 1.165) is 50.3 Å². The number of benzene rings is 1. The highest BCUT2D eigenvalue weighted by Crippen LogP contribution is 2.05. The van der Waals surface area contributed by atoms with E-state index in [1.54, 1.807) is 0 Å². The van der Waals surface area contributed by atoms with Crippen molar-refractivity contribution in [1.29, 1.82) is 0 Å². The summed E-state index contributed by atoms with van der Waals surface area (Å²) < 4.78 is 5.29. The first-order valence-electron chi connectivity index (χ1n) is 5.90. The van der Waals surface area contributed by atoms with Crippen LogP contribution in [0.1, 0.15) is 15.9 Å². The van der Waals surface area contributed by atoms with E-state index in [-0.39, 0.29) is 0 Å². The Labute approximate surface area is 102 Å². The van der Waals surface area contributed by atoms with Crippen LogP contribution in [-0.4, -0.2) is 44.0 Å². The Kier molecular flexibility index (Phi) is 4.47. The lowest BCUT2D eigenvalue weighted by molar-refractivity contribution is 0.0435. The van der Waals surface area contributed by atoms with Crippen LogP contribution >= 0.6 is 0 Å². The van der Waals surface area contributed by atoms with Crippen molar-refractivity contribution in [2.24, 2.45) is 0 Å². The number of hydrogen-bond acceptors (Lipinski definition) is 3. The van der Waals surface area contributed by atoms with Crippen molar-refractivity contribution in [2.45, 2.75) is 0 Å². The monoisotopic (exact) mass is 231 g/mol. The summed E-state index contributed by atoms with van der Waals surface area (Å²) in [6.07, 6.45) is 5.10. The third-order valence-electron chi connectivity index (χ3n) is 2.85. The lowest BCUT2D eigenvalue weighted by Crippen LogP contribution is -2.36. The smallest absolute Gasteiger partial charge is 0.150 e. The molecule has 0 unspecified atom stereocenters. The molecule has 3 heteroatoms. The van der Waals surface area contributed by atoms with E-state index in [1.807, 2.05) is 24.3 Å². The van der Waals surface area contributed by atoms with Gasteiger partial charge in [0.25, 0.3) is 0 Å². The molecule has 0 aromatic heterocycles. The SMILES string of the molecule is O=Cc1ccc(/C=C/CN2CCOCC2)cc1. The van der Waals surface area contributed by atoms with Gasteiger partial charge < -0.3 is 4.74 Å². The molecule has 0 atom stereocenters. The standard InChI is InChI=1S/C14H17NO2/c16-12-14-5-3-13(4-6-14)2-1-7-15-8-10-17-11-9-15/h1-6,12H,7-11H2/b2-1+. The van der Waals surface area contributed by atoms with Gasteiger partial charge in [0.1, 0.15) is 6.29 Å². The molecular formula is C14H17NO2. The molecule has 1 aliphatic heterocycles. The molecule has 0 aliphatic carbocycles. The Morgan fingerprint density at radius 2 is 1.76 bits per heavy atom. The molecule has 1 aromatic carbocycles. The summed E-state index contributed by atoms with van der Waals surface area (Å²) in [4.78, 5) is 12.9. The summed E-state index contributed by atoms with van der Waals surface area (Å²) >= 11 is 0. The van der Waals surface area contributed by atoms with E-state index in [9.17, 15) is 4.79 Å². The minimum absolute atomic E-state index is 0.718. The van der Waals surface area contributed by atoms with Crippen LogP contribution in [0, 0.1) is 0 Å². The number of carbonyl (C=O) groups excluding carboxylic acids is 1. The second-order valence-corrected chi connectivity index (χ2v) is 4.10. The maximum Gasteiger partial charge on any atom is 0.150 e. The molecule has 17 heavy (non-hydrogen) atoms. The average Bonchev–Trinajstić information content (AvgIpc) is 2.41. The van der Waals surface area contributed by atoms with Crippen LogP contribution in [0.15, 0.2) is 30.3 Å². The Balaban J connectivity index is 1.84. The molecule has 1 fully saturated rings. The van der Waals surface area contributed by atoms with E-state index in [1.165, 1.54) is 0 Å². The van der Waals surface area contributed by atoms with E-state index in [0.29, 0.717) is 0 Å². The highest BCUT2D eigenvalue weighted by atomic mass is 16.5. The van der Waals surface area contributed by atoms with Gasteiger partial charge in [0.2, 0.25) is 0 Å². The zero-order chi connectivity index (χ0) is 11.9. The molecule has 1 heterocycles. The highest BCUT2D eigenvalue weighted by molar-refractivity contribution is 5.75. The van der Waals surface area contributed by atoms with Gasteiger partial charge in [0.05, 0.1) is 13.2 Å². The number of hydrogen-bond donors (Lipinski definition) is 0. The molecule has 90 valence electrons. The fourth-order valence-corrected chi connectivity index (χ4v) is 1.81. The predicted molar refractivity (Wildman–Crippen MR) is 68.1 cm³/mol. The summed E-state index contributed by atoms with van der Waals surface area (Å²) in [7, 11) is 0. The van der Waals surface area contributed by atoms with Crippen molar-refractivity contribution < 1.29 is 9.53 Å². The number of morpholine rings is 1. The highest BCUT2D eigenvalue weighted by Gasteiger charge is 2.07. The average molecular weight is 231 g/mol. The molecule has 0 saturated carbocycles. The molecule has 0 amide bonds. The van der Waals surface area contributed by atoms with Gasteiger partial charge in [-0.15, -0.1) is 0 Å². The first kappa shape index (κ1) is 12.0. The summed E-state index contributed by atoms with van der Waals surface area (Å²) in [5.74, 6) is 0. The van der Waals surface area contributed by atoms with Crippen LogP contribution < -0.4 is 0 Å². The lowest BCUT2D eigenvalue weighted by Gasteiger charge is -2.25. The summed E-state index contributed by atoms with van der Waals surface area (Å²) in [5.41, 5.74) is 1.85. The third-order valence-corrected chi connectivity index (χ3v) is 2.85. The van der Waals surface area contributed by atoms with Crippen molar-refractivity contribution >= 4 is 12.4 Å². The van der Waals surface area contributed by atoms with Gasteiger partial charge in [0.15, 0.2) is 0 Å². The summed E-state index contributed by atoms with van der Waals surface area (Å²) in [6, 6.07) is 7.59. The maximum atomic E-state index is 10.5. The first-order chi connectivity index (χ1) is 8.38. The summed E-state index contributed by atoms with van der Waals surface area (Å²) in [6.45, 7) is 4.64. The number of nitrogens with zero attached hydrogens (tertiary/aromatic N) is 1. The van der Waals surface area contributed by atoms with Crippen LogP contribution in [0.3, 0.4) is 0 Å². The zero-order valence-corrected chi connectivity index (χ0v) is 9.84. The van der Waals surface area contributed by atoms with E-state index < -0.39 is 0 Å². The van der Waals surface area contributed by atoms with Crippen molar-refractivity contribution in [3.8, 4) is 0 Å². The number of aldehydes is 1. The fraction of sp³-hybridized carbons (Fsp3) is 0.357. The quantitative estimate of drug-likeness (QED) is 0.741. The fourth-order valence-electron chi connectivity index (χ4n) is 1.81. The Hall–Kier alpha value is -1.45. The number of carbonyl (C=O) groups is 1. The second-order valence-electron chi connectivity index (χ2n) is 4.10. The number of ether oxygens (including phenoxy) is 1. The normalized spacial score (nSPS) is 17.4. The van der Waals surface area contributed by atoms with Gasteiger partial charge in [-0.2, -0.15) is 0 Å². The molecule has 0 N–H and O–H groups in total. The van der Waals surface area contributed by atoms with E-state index in [2.05, 4.69) is 17.1 Å². The Morgan fingerprint density at radius 3 is 2.41 bits per heavy atom. The Bertz CT molecular complexity index is 378. The zero-order valence-electron chi connectivity index (χ0n) is 9.84. The first-order valence-corrected chi connectivity index (χ1v) is 5.90. The second kappa shape index (κ2) is 6.33. The molecule has 1 aliphatic rings. The summed E-state index contributed by atoms with van der Waals surface area (Å²) in [5, 5.41) is 0. The van der Waals surface area contributed by atoms with Gasteiger partial charge in [-0.05, 0) is 5.56 Å². The lowest BCUT2D eigenvalue weighted by atomic mass is 10.1. The van der Waals surface area contributed by atoms with Crippen LogP contribution in [0.2, 0.25) is 0 Å². The van der Waals surface area contributed by atoms with Gasteiger partial charge in [-0.1, -0.05) is 36.4 Å². The van der Waals surface area contributed by atoms with E-state index in [4.69, 9.17) is 4.74 Å². The van der Waals surface area contributed by atoms with Crippen molar-refractivity contribution in [2.75, 3.05) is 32.8 Å². The molecular weight excluding hydrogens is 214 g/mol. The molecule has 0 spiro atoms. The number of rotatable bonds is 4. The Morgan fingerprint density at radius 1 is 1.12 bits per heavy atom. The van der Waals surface area contributed by atoms with Crippen LogP contribution in [-0.2, 0) is 4.74 Å². The van der Waals surface area contributed by atoms with Crippen LogP contribution in [0.25, 0.3) is 6.08 Å². The van der Waals surface area contributed by atoms with Crippen LogP contribution in [0.5, 0.6) is 0 Å². The van der Waals surface area contributed by atoms with E-state index >= 15 is 0 Å². The largest absolute Gasteiger partial charge is 0.379 e. The van der Waals surface area contributed by atoms with Crippen molar-refractivity contribution in [3.63, 3.8) is 0 Å². The molecule has 0 bridgehead atoms. The molecule has 2 rings (SSSR count). The minimum atomic E-state index is 0.718. The van der Waals surface area contributed by atoms with Crippen molar-refractivity contribution in [1.82, 2.24) is 4.90 Å². The van der Waals surface area contributed by atoms with Gasteiger partial charge in [0, 0.05) is 25.2 Å². The molecule has 0 radical (unpaired) electrons. The topological polar surface area (TPSA) is 29.5 Å². The molecule has 3 nitrogen and oxygen atoms in total. The van der Waals surface area contributed by atoms with Crippen molar-refractivity contribution in [3.05, 3.63) is 41.5 Å². The predicted octanol–water partition coefficient (Wildman–Crippen LogP) is 1.84. The van der Waals surface area contributed by atoms with Crippen LogP contribution in [0.4, 0.5) is 0 Å². The van der Waals surface area contributed by atoms with Gasteiger partial charge >= 0.3 is 0 Å². The van der Waals surface area contributed by atoms with Gasteiger partial charge in [-0.3, -0.25) is 9.69 Å². The van der Waals surface area contributed by atoms with Gasteiger partial charge in [-0.25, -0.2) is 0 Å². The minimum Gasteiger partial charge on any atom is -0.379 e. The molecule has 1 aromatic rings. The molecule has 1 saturated heterocycles.